The zero-order valence-electron chi connectivity index (χ0n) is 11.8. The maximum Gasteiger partial charge on any atom is 0.328 e. The van der Waals surface area contributed by atoms with E-state index < -0.39 is 0 Å². The molecule has 2 aliphatic rings. The number of amides is 4. The SMILES string of the molecule is O=C1NCCN1C(=O)N(Cc1ccco1)CC1CCCO1. The summed E-state index contributed by atoms with van der Waals surface area (Å²) in [5, 5.41) is 2.64. The Morgan fingerprint density at radius 1 is 1.52 bits per heavy atom. The molecule has 2 aliphatic heterocycles. The first-order chi connectivity index (χ1) is 10.2. The van der Waals surface area contributed by atoms with Gasteiger partial charge in [0.25, 0.3) is 0 Å². The average molecular weight is 293 g/mol. The number of nitrogens with zero attached hydrogens (tertiary/aromatic N) is 2. The van der Waals surface area contributed by atoms with Crippen LogP contribution in [0.5, 0.6) is 0 Å². The molecule has 114 valence electrons. The number of urea groups is 2. The molecule has 1 N–H and O–H groups in total. The molecule has 0 spiro atoms. The standard InChI is InChI=1S/C14H19N3O4/c18-13-15-5-6-17(13)14(19)16(9-11-3-1-7-20-11)10-12-4-2-8-21-12/h1,3,7,12H,2,4-6,8-10H2,(H,15,18). The highest BCUT2D eigenvalue weighted by Crippen LogP contribution is 2.17. The van der Waals surface area contributed by atoms with E-state index in [4.69, 9.17) is 9.15 Å². The number of carbonyl (C=O) groups excluding carboxylic acids is 2. The molecular weight excluding hydrogens is 274 g/mol. The van der Waals surface area contributed by atoms with Gasteiger partial charge in [-0.15, -0.1) is 0 Å². The first-order valence-electron chi connectivity index (χ1n) is 7.22. The van der Waals surface area contributed by atoms with Gasteiger partial charge in [-0.05, 0) is 25.0 Å². The van der Waals surface area contributed by atoms with E-state index in [0.717, 1.165) is 19.4 Å². The molecule has 2 saturated heterocycles. The van der Waals surface area contributed by atoms with Crippen LogP contribution in [0.4, 0.5) is 9.59 Å². The van der Waals surface area contributed by atoms with Crippen LogP contribution in [0.2, 0.25) is 0 Å². The molecule has 0 aromatic carbocycles. The number of ether oxygens (including phenoxy) is 1. The summed E-state index contributed by atoms with van der Waals surface area (Å²) < 4.78 is 10.9. The molecule has 1 unspecified atom stereocenters. The number of hydrogen-bond donors (Lipinski definition) is 1. The van der Waals surface area contributed by atoms with Crippen molar-refractivity contribution in [2.75, 3.05) is 26.2 Å². The molecule has 21 heavy (non-hydrogen) atoms. The Balaban J connectivity index is 1.70. The molecule has 3 rings (SSSR count). The summed E-state index contributed by atoms with van der Waals surface area (Å²) >= 11 is 0. The van der Waals surface area contributed by atoms with E-state index in [9.17, 15) is 9.59 Å². The lowest BCUT2D eigenvalue weighted by Gasteiger charge is -2.27. The van der Waals surface area contributed by atoms with Gasteiger partial charge in [-0.2, -0.15) is 0 Å². The van der Waals surface area contributed by atoms with Crippen molar-refractivity contribution in [2.45, 2.75) is 25.5 Å². The van der Waals surface area contributed by atoms with Crippen molar-refractivity contribution in [1.29, 1.82) is 0 Å². The number of nitrogens with one attached hydrogen (secondary N) is 1. The van der Waals surface area contributed by atoms with Crippen LogP contribution >= 0.6 is 0 Å². The number of hydrogen-bond acceptors (Lipinski definition) is 4. The van der Waals surface area contributed by atoms with Crippen molar-refractivity contribution in [1.82, 2.24) is 15.1 Å². The molecule has 0 radical (unpaired) electrons. The van der Waals surface area contributed by atoms with Crippen LogP contribution in [0.15, 0.2) is 22.8 Å². The topological polar surface area (TPSA) is 75.0 Å². The first kappa shape index (κ1) is 13.9. The fourth-order valence-corrected chi connectivity index (χ4v) is 2.66. The number of rotatable bonds is 4. The van der Waals surface area contributed by atoms with Gasteiger partial charge in [0.1, 0.15) is 5.76 Å². The van der Waals surface area contributed by atoms with Gasteiger partial charge in [-0.25, -0.2) is 14.5 Å². The van der Waals surface area contributed by atoms with E-state index in [0.29, 0.717) is 31.9 Å². The predicted octanol–water partition coefficient (Wildman–Crippen LogP) is 1.41. The van der Waals surface area contributed by atoms with Gasteiger partial charge in [-0.3, -0.25) is 0 Å². The minimum absolute atomic E-state index is 0.0366. The second kappa shape index (κ2) is 6.17. The molecule has 0 aliphatic carbocycles. The van der Waals surface area contributed by atoms with E-state index >= 15 is 0 Å². The van der Waals surface area contributed by atoms with Crippen LogP contribution in [0.1, 0.15) is 18.6 Å². The molecule has 1 atom stereocenters. The Kier molecular flexibility index (Phi) is 4.10. The lowest BCUT2D eigenvalue weighted by molar-refractivity contribution is 0.0724. The van der Waals surface area contributed by atoms with Crippen molar-refractivity contribution in [2.24, 2.45) is 0 Å². The third-order valence-corrected chi connectivity index (χ3v) is 3.73. The number of imide groups is 1. The Hall–Kier alpha value is -2.02. The maximum absolute atomic E-state index is 12.6. The summed E-state index contributed by atoms with van der Waals surface area (Å²) in [5.74, 6) is 0.695. The van der Waals surface area contributed by atoms with Crippen molar-refractivity contribution in [3.05, 3.63) is 24.2 Å². The van der Waals surface area contributed by atoms with Crippen LogP contribution < -0.4 is 5.32 Å². The lowest BCUT2D eigenvalue weighted by atomic mass is 10.2. The molecule has 1 aromatic rings. The number of carbonyl (C=O) groups is 2. The summed E-state index contributed by atoms with van der Waals surface area (Å²) in [6.07, 6.45) is 3.56. The van der Waals surface area contributed by atoms with Crippen LogP contribution in [0.3, 0.4) is 0 Å². The van der Waals surface area contributed by atoms with Gasteiger partial charge in [0.05, 0.1) is 18.9 Å². The summed E-state index contributed by atoms with van der Waals surface area (Å²) in [7, 11) is 0. The normalized spacial score (nSPS) is 21.6. The minimum Gasteiger partial charge on any atom is -0.467 e. The van der Waals surface area contributed by atoms with Gasteiger partial charge >= 0.3 is 12.1 Å². The fraction of sp³-hybridized carbons (Fsp3) is 0.571. The highest BCUT2D eigenvalue weighted by molar-refractivity contribution is 5.94. The Morgan fingerprint density at radius 3 is 3.05 bits per heavy atom. The van der Waals surface area contributed by atoms with Crippen molar-refractivity contribution >= 4 is 12.1 Å². The molecule has 7 nitrogen and oxygen atoms in total. The Bertz CT molecular complexity index is 496. The molecule has 7 heteroatoms. The van der Waals surface area contributed by atoms with E-state index in [1.165, 1.54) is 4.90 Å². The molecule has 4 amide bonds. The Labute approximate surface area is 122 Å². The second-order valence-corrected chi connectivity index (χ2v) is 5.26. The summed E-state index contributed by atoms with van der Waals surface area (Å²) in [4.78, 5) is 27.1. The smallest absolute Gasteiger partial charge is 0.328 e. The molecular formula is C14H19N3O4. The largest absolute Gasteiger partial charge is 0.467 e. The van der Waals surface area contributed by atoms with E-state index in [1.807, 2.05) is 6.07 Å². The first-order valence-corrected chi connectivity index (χ1v) is 7.22. The van der Waals surface area contributed by atoms with Crippen LogP contribution in [-0.4, -0.2) is 54.2 Å². The average Bonchev–Trinajstić information content (AvgIpc) is 3.19. The van der Waals surface area contributed by atoms with Gasteiger partial charge in [0.2, 0.25) is 0 Å². The van der Waals surface area contributed by atoms with Gasteiger partial charge < -0.3 is 19.4 Å². The minimum atomic E-state index is -0.336. The van der Waals surface area contributed by atoms with Crippen LogP contribution in [-0.2, 0) is 11.3 Å². The summed E-state index contributed by atoms with van der Waals surface area (Å²) in [6, 6.07) is 2.97. The highest BCUT2D eigenvalue weighted by atomic mass is 16.5. The third kappa shape index (κ3) is 3.18. The van der Waals surface area contributed by atoms with Crippen molar-refractivity contribution < 1.29 is 18.7 Å². The van der Waals surface area contributed by atoms with Crippen LogP contribution in [0, 0.1) is 0 Å². The quantitative estimate of drug-likeness (QED) is 0.910. The zero-order valence-corrected chi connectivity index (χ0v) is 11.8. The lowest BCUT2D eigenvalue weighted by Crippen LogP contribution is -2.46. The molecule has 2 fully saturated rings. The predicted molar refractivity (Wildman–Crippen MR) is 73.6 cm³/mol. The fourth-order valence-electron chi connectivity index (χ4n) is 2.66. The molecule has 0 bridgehead atoms. The third-order valence-electron chi connectivity index (χ3n) is 3.73. The molecule has 1 aromatic heterocycles. The Morgan fingerprint density at radius 2 is 2.43 bits per heavy atom. The summed E-state index contributed by atoms with van der Waals surface area (Å²) in [6.45, 7) is 2.45. The van der Waals surface area contributed by atoms with Crippen molar-refractivity contribution in [3.8, 4) is 0 Å². The zero-order chi connectivity index (χ0) is 14.7. The maximum atomic E-state index is 12.6. The van der Waals surface area contributed by atoms with E-state index in [2.05, 4.69) is 5.32 Å². The van der Waals surface area contributed by atoms with Gasteiger partial charge in [0, 0.05) is 26.2 Å². The summed E-state index contributed by atoms with van der Waals surface area (Å²) in [5.41, 5.74) is 0. The van der Waals surface area contributed by atoms with E-state index in [1.54, 1.807) is 17.2 Å². The van der Waals surface area contributed by atoms with Crippen molar-refractivity contribution in [3.63, 3.8) is 0 Å². The monoisotopic (exact) mass is 293 g/mol. The highest BCUT2D eigenvalue weighted by Gasteiger charge is 2.32. The molecule has 3 heterocycles. The van der Waals surface area contributed by atoms with Gasteiger partial charge in [0.15, 0.2) is 0 Å². The second-order valence-electron chi connectivity index (χ2n) is 5.26. The van der Waals surface area contributed by atoms with Crippen LogP contribution in [0.25, 0.3) is 0 Å². The molecule has 0 saturated carbocycles. The van der Waals surface area contributed by atoms with E-state index in [-0.39, 0.29) is 18.2 Å². The van der Waals surface area contributed by atoms with Gasteiger partial charge in [-0.1, -0.05) is 0 Å². The number of furan rings is 1.